The number of fused-ring (bicyclic) bond motifs is 3. The van der Waals surface area contributed by atoms with Gasteiger partial charge in [0.05, 0.1) is 18.6 Å². The summed E-state index contributed by atoms with van der Waals surface area (Å²) in [6.45, 7) is 2.52. The number of morpholine rings is 1. The molecule has 5 rings (SSSR count). The first-order valence-electron chi connectivity index (χ1n) is 11.0. The Morgan fingerprint density at radius 1 is 1.09 bits per heavy atom. The van der Waals surface area contributed by atoms with Crippen molar-refractivity contribution in [2.45, 2.75) is 19.3 Å². The van der Waals surface area contributed by atoms with Gasteiger partial charge in [-0.1, -0.05) is 12.1 Å². The summed E-state index contributed by atoms with van der Waals surface area (Å²) < 4.78 is 16.9. The SMILES string of the molecule is O=C(O)CCCC(=O)Oc1cccc(-c2nc(N3CCOCC3)c3oc4ncccc4c3n2)c1. The molecule has 0 spiro atoms. The van der Waals surface area contributed by atoms with Crippen molar-refractivity contribution in [3.05, 3.63) is 42.6 Å². The molecule has 0 saturated carbocycles. The second-order valence-electron chi connectivity index (χ2n) is 7.86. The number of carbonyl (C=O) groups excluding carboxylic acids is 1. The third kappa shape index (κ3) is 4.53. The fourth-order valence-corrected chi connectivity index (χ4v) is 3.85. The summed E-state index contributed by atoms with van der Waals surface area (Å²) in [5, 5.41) is 9.52. The molecule has 174 valence electrons. The van der Waals surface area contributed by atoms with E-state index >= 15 is 0 Å². The van der Waals surface area contributed by atoms with Crippen molar-refractivity contribution in [3.8, 4) is 17.1 Å². The van der Waals surface area contributed by atoms with Gasteiger partial charge in [0.1, 0.15) is 11.3 Å². The highest BCUT2D eigenvalue weighted by molar-refractivity contribution is 6.05. The molecule has 0 aliphatic carbocycles. The number of carboxylic acids is 1. The number of pyridine rings is 1. The Hall–Kier alpha value is -4.05. The van der Waals surface area contributed by atoms with Crippen molar-refractivity contribution in [2.24, 2.45) is 0 Å². The molecule has 1 saturated heterocycles. The lowest BCUT2D eigenvalue weighted by Crippen LogP contribution is -2.37. The highest BCUT2D eigenvalue weighted by Crippen LogP contribution is 2.34. The molecule has 4 aromatic rings. The number of esters is 1. The van der Waals surface area contributed by atoms with Gasteiger partial charge in [-0.25, -0.2) is 15.0 Å². The predicted molar refractivity (Wildman–Crippen MR) is 123 cm³/mol. The monoisotopic (exact) mass is 462 g/mol. The highest BCUT2D eigenvalue weighted by Gasteiger charge is 2.23. The summed E-state index contributed by atoms with van der Waals surface area (Å²) >= 11 is 0. The number of ether oxygens (including phenoxy) is 2. The first kappa shape index (κ1) is 21.8. The largest absolute Gasteiger partial charge is 0.481 e. The van der Waals surface area contributed by atoms with E-state index in [2.05, 4.69) is 9.88 Å². The normalized spacial score (nSPS) is 13.9. The zero-order valence-corrected chi connectivity index (χ0v) is 18.3. The van der Waals surface area contributed by atoms with Gasteiger partial charge in [-0.3, -0.25) is 9.59 Å². The van der Waals surface area contributed by atoms with Crippen LogP contribution in [0.25, 0.3) is 33.6 Å². The summed E-state index contributed by atoms with van der Waals surface area (Å²) in [5.74, 6) is 0.0333. The maximum atomic E-state index is 12.1. The lowest BCUT2D eigenvalue weighted by atomic mass is 10.2. The van der Waals surface area contributed by atoms with Crippen LogP contribution in [0.3, 0.4) is 0 Å². The summed E-state index contributed by atoms with van der Waals surface area (Å²) in [5.41, 5.74) is 2.39. The number of aliphatic carboxylic acids is 1. The first-order valence-corrected chi connectivity index (χ1v) is 11.0. The second-order valence-corrected chi connectivity index (χ2v) is 7.86. The van der Waals surface area contributed by atoms with Crippen LogP contribution in [0.5, 0.6) is 5.75 Å². The van der Waals surface area contributed by atoms with E-state index in [1.165, 1.54) is 0 Å². The van der Waals surface area contributed by atoms with Crippen LogP contribution in [0.15, 0.2) is 47.0 Å². The van der Waals surface area contributed by atoms with Crippen molar-refractivity contribution >= 4 is 40.0 Å². The molecule has 0 atom stereocenters. The maximum absolute atomic E-state index is 12.1. The van der Waals surface area contributed by atoms with Crippen LogP contribution in [-0.4, -0.2) is 58.3 Å². The smallest absolute Gasteiger partial charge is 0.311 e. The van der Waals surface area contributed by atoms with E-state index in [0.717, 1.165) is 5.39 Å². The van der Waals surface area contributed by atoms with E-state index in [-0.39, 0.29) is 19.3 Å². The summed E-state index contributed by atoms with van der Waals surface area (Å²) in [6.07, 6.45) is 1.83. The number of hydrogen-bond donors (Lipinski definition) is 1. The van der Waals surface area contributed by atoms with E-state index in [9.17, 15) is 9.59 Å². The van der Waals surface area contributed by atoms with Gasteiger partial charge in [0.25, 0.3) is 0 Å². The fraction of sp³-hybridized carbons (Fsp3) is 0.292. The third-order valence-corrected chi connectivity index (χ3v) is 5.48. The molecule has 1 aliphatic rings. The summed E-state index contributed by atoms with van der Waals surface area (Å²) in [7, 11) is 0. The van der Waals surface area contributed by atoms with Crippen molar-refractivity contribution in [3.63, 3.8) is 0 Å². The van der Waals surface area contributed by atoms with Gasteiger partial charge in [-0.05, 0) is 30.7 Å². The predicted octanol–water partition coefficient (Wildman–Crippen LogP) is 3.43. The quantitative estimate of drug-likeness (QED) is 0.322. The van der Waals surface area contributed by atoms with Crippen LogP contribution in [0.4, 0.5) is 5.82 Å². The average Bonchev–Trinajstić information content (AvgIpc) is 3.22. The standard InChI is InChI=1S/C24H22N4O6/c29-18(30)7-2-8-19(31)33-16-5-1-4-15(14-16)22-26-20-17-6-3-9-25-24(17)34-21(20)23(27-22)28-10-12-32-13-11-28/h1,3-6,9,14H,2,7-8,10-13H2,(H,29,30). The van der Waals surface area contributed by atoms with Crippen molar-refractivity contribution in [2.75, 3.05) is 31.2 Å². The molecule has 1 aromatic carbocycles. The van der Waals surface area contributed by atoms with Crippen molar-refractivity contribution in [1.82, 2.24) is 15.0 Å². The van der Waals surface area contributed by atoms with E-state index in [1.54, 1.807) is 24.4 Å². The molecule has 0 bridgehead atoms. The molecular formula is C24H22N4O6. The Bertz CT molecular complexity index is 1360. The molecule has 4 heterocycles. The third-order valence-electron chi connectivity index (χ3n) is 5.48. The zero-order chi connectivity index (χ0) is 23.5. The van der Waals surface area contributed by atoms with Crippen LogP contribution in [0.1, 0.15) is 19.3 Å². The van der Waals surface area contributed by atoms with Crippen LogP contribution in [0, 0.1) is 0 Å². The molecule has 0 radical (unpaired) electrons. The molecule has 1 N–H and O–H groups in total. The minimum Gasteiger partial charge on any atom is -0.481 e. The molecule has 1 fully saturated rings. The minimum atomic E-state index is -0.944. The fourth-order valence-electron chi connectivity index (χ4n) is 3.85. The van der Waals surface area contributed by atoms with Crippen LogP contribution in [0.2, 0.25) is 0 Å². The lowest BCUT2D eigenvalue weighted by Gasteiger charge is -2.27. The second kappa shape index (κ2) is 9.44. The van der Waals surface area contributed by atoms with Gasteiger partial charge in [0, 0.05) is 37.7 Å². The molecule has 0 amide bonds. The first-order chi connectivity index (χ1) is 16.6. The van der Waals surface area contributed by atoms with Gasteiger partial charge in [0.2, 0.25) is 5.71 Å². The Kier molecular flexibility index (Phi) is 6.05. The number of carbonyl (C=O) groups is 2. The van der Waals surface area contributed by atoms with Gasteiger partial charge in [-0.2, -0.15) is 0 Å². The van der Waals surface area contributed by atoms with E-state index < -0.39 is 11.9 Å². The Balaban J connectivity index is 1.51. The van der Waals surface area contributed by atoms with Gasteiger partial charge in [0.15, 0.2) is 17.2 Å². The highest BCUT2D eigenvalue weighted by atomic mass is 16.5. The van der Waals surface area contributed by atoms with E-state index in [4.69, 9.17) is 29.0 Å². The van der Waals surface area contributed by atoms with E-state index in [1.807, 2.05) is 18.2 Å². The number of hydrogen-bond acceptors (Lipinski definition) is 9. The molecular weight excluding hydrogens is 440 g/mol. The van der Waals surface area contributed by atoms with Gasteiger partial charge in [-0.15, -0.1) is 0 Å². The van der Waals surface area contributed by atoms with E-state index in [0.29, 0.717) is 66.1 Å². The zero-order valence-electron chi connectivity index (χ0n) is 18.3. The minimum absolute atomic E-state index is 0.0220. The lowest BCUT2D eigenvalue weighted by molar-refractivity contribution is -0.137. The Morgan fingerprint density at radius 2 is 1.94 bits per heavy atom. The van der Waals surface area contributed by atoms with Crippen molar-refractivity contribution < 1.29 is 28.6 Å². The number of benzene rings is 1. The summed E-state index contributed by atoms with van der Waals surface area (Å²) in [6, 6.07) is 10.7. The summed E-state index contributed by atoms with van der Waals surface area (Å²) in [4.78, 5) is 38.8. The van der Waals surface area contributed by atoms with Gasteiger partial charge < -0.3 is 23.9 Å². The molecule has 10 nitrogen and oxygen atoms in total. The van der Waals surface area contributed by atoms with Crippen LogP contribution in [-0.2, 0) is 14.3 Å². The topological polar surface area (TPSA) is 128 Å². The Labute approximate surface area is 194 Å². The maximum Gasteiger partial charge on any atom is 0.311 e. The van der Waals surface area contributed by atoms with Crippen LogP contribution >= 0.6 is 0 Å². The molecule has 10 heteroatoms. The van der Waals surface area contributed by atoms with Crippen LogP contribution < -0.4 is 9.64 Å². The molecule has 3 aromatic heterocycles. The average molecular weight is 462 g/mol. The number of furan rings is 1. The number of carboxylic acid groups (broad SMARTS) is 1. The van der Waals surface area contributed by atoms with Crippen molar-refractivity contribution in [1.29, 1.82) is 0 Å². The molecule has 1 aliphatic heterocycles. The Morgan fingerprint density at radius 3 is 2.76 bits per heavy atom. The molecule has 34 heavy (non-hydrogen) atoms. The number of aromatic nitrogens is 3. The van der Waals surface area contributed by atoms with Gasteiger partial charge >= 0.3 is 11.9 Å². The number of anilines is 1. The number of rotatable bonds is 7. The number of nitrogens with zero attached hydrogens (tertiary/aromatic N) is 4. The molecule has 0 unspecified atom stereocenters.